The molecule has 0 spiro atoms. The zero-order valence-electron chi connectivity index (χ0n) is 20.2. The Balaban J connectivity index is 1.77. The molecule has 0 radical (unpaired) electrons. The lowest BCUT2D eigenvalue weighted by molar-refractivity contribution is 0.0696. The third kappa shape index (κ3) is 5.91. The molecule has 3 aromatic carbocycles. The Hall–Kier alpha value is -3.50. The maximum atomic E-state index is 13.4. The number of rotatable bonds is 8. The fraction of sp³-hybridized carbons (Fsp3) is 0.185. The maximum Gasteiger partial charge on any atom is 0.335 e. The van der Waals surface area contributed by atoms with Gasteiger partial charge in [0.05, 0.1) is 29.8 Å². The molecule has 0 unspecified atom stereocenters. The molecule has 0 amide bonds. The molecule has 1 N–H and O–H groups in total. The molecule has 0 aliphatic heterocycles. The molecule has 8 nitrogen and oxygen atoms in total. The first-order valence-corrected chi connectivity index (χ1v) is 12.9. The highest BCUT2D eigenvalue weighted by atomic mass is 79.9. The third-order valence-corrected chi connectivity index (χ3v) is 6.44. The van der Waals surface area contributed by atoms with Gasteiger partial charge in [-0.3, -0.25) is 4.79 Å². The van der Waals surface area contributed by atoms with Crippen molar-refractivity contribution in [1.29, 1.82) is 0 Å². The Morgan fingerprint density at radius 1 is 1.14 bits per heavy atom. The molecule has 0 aliphatic carbocycles. The summed E-state index contributed by atoms with van der Waals surface area (Å²) in [4.78, 5) is 29.4. The van der Waals surface area contributed by atoms with Crippen molar-refractivity contribution in [2.24, 2.45) is 5.10 Å². The van der Waals surface area contributed by atoms with Gasteiger partial charge in [-0.05, 0) is 48.0 Å². The van der Waals surface area contributed by atoms with E-state index in [2.05, 4.69) is 41.9 Å². The standard InChI is InChI=1S/C27H23Br2N3O5/c1-15(2)25-31-22-8-7-19(28)11-21(22)26(33)32(25)30-13-18-10-20(29)12-23(36-3)24(18)37-14-16-5-4-6-17(9-16)27(34)35/h4-13,15H,14H2,1-3H3,(H,34,35). The van der Waals surface area contributed by atoms with Crippen LogP contribution in [0.5, 0.6) is 11.5 Å². The normalized spacial score (nSPS) is 11.4. The number of carboxylic acid groups (broad SMARTS) is 1. The summed E-state index contributed by atoms with van der Waals surface area (Å²) in [6, 6.07) is 15.4. The van der Waals surface area contributed by atoms with Gasteiger partial charge in [0.2, 0.25) is 0 Å². The zero-order valence-corrected chi connectivity index (χ0v) is 23.4. The molecule has 10 heteroatoms. The molecule has 0 bridgehead atoms. The fourth-order valence-electron chi connectivity index (χ4n) is 3.71. The van der Waals surface area contributed by atoms with Crippen molar-refractivity contribution in [2.75, 3.05) is 7.11 Å². The number of aromatic carboxylic acids is 1. The topological polar surface area (TPSA) is 103 Å². The minimum absolute atomic E-state index is 0.0628. The van der Waals surface area contributed by atoms with E-state index in [9.17, 15) is 14.7 Å². The molecular formula is C27H23Br2N3O5. The average Bonchev–Trinajstić information content (AvgIpc) is 2.87. The molecule has 1 heterocycles. The molecule has 190 valence electrons. The van der Waals surface area contributed by atoms with Crippen LogP contribution >= 0.6 is 31.9 Å². The van der Waals surface area contributed by atoms with Gasteiger partial charge in [0.1, 0.15) is 12.4 Å². The minimum Gasteiger partial charge on any atom is -0.493 e. The number of nitrogens with zero attached hydrogens (tertiary/aromatic N) is 3. The van der Waals surface area contributed by atoms with E-state index in [1.807, 2.05) is 19.9 Å². The Morgan fingerprint density at radius 2 is 1.92 bits per heavy atom. The monoisotopic (exact) mass is 627 g/mol. The van der Waals surface area contributed by atoms with E-state index in [1.54, 1.807) is 42.5 Å². The van der Waals surface area contributed by atoms with Crippen LogP contribution in [0, 0.1) is 0 Å². The van der Waals surface area contributed by atoms with Crippen LogP contribution in [-0.4, -0.2) is 34.1 Å². The summed E-state index contributed by atoms with van der Waals surface area (Å²) < 4.78 is 14.4. The van der Waals surface area contributed by atoms with Gasteiger partial charge in [-0.15, -0.1) is 0 Å². The molecule has 0 atom stereocenters. The molecule has 1 aromatic heterocycles. The summed E-state index contributed by atoms with van der Waals surface area (Å²) in [6.07, 6.45) is 1.52. The van der Waals surface area contributed by atoms with Crippen LogP contribution in [0.2, 0.25) is 0 Å². The second kappa shape index (κ2) is 11.3. The predicted molar refractivity (Wildman–Crippen MR) is 149 cm³/mol. The van der Waals surface area contributed by atoms with Crippen LogP contribution in [0.25, 0.3) is 10.9 Å². The molecule has 4 aromatic rings. The lowest BCUT2D eigenvalue weighted by Crippen LogP contribution is -2.23. The average molecular weight is 629 g/mol. The largest absolute Gasteiger partial charge is 0.493 e. The van der Waals surface area contributed by atoms with Crippen LogP contribution in [-0.2, 0) is 6.61 Å². The van der Waals surface area contributed by atoms with Crippen molar-refractivity contribution >= 4 is 54.9 Å². The van der Waals surface area contributed by atoms with Crippen LogP contribution in [0.4, 0.5) is 0 Å². The van der Waals surface area contributed by atoms with Crippen LogP contribution in [0.3, 0.4) is 0 Å². The van der Waals surface area contributed by atoms with E-state index < -0.39 is 5.97 Å². The number of methoxy groups -OCH3 is 1. The Bertz CT molecular complexity index is 1580. The van der Waals surface area contributed by atoms with Crippen molar-refractivity contribution in [3.63, 3.8) is 0 Å². The summed E-state index contributed by atoms with van der Waals surface area (Å²) in [5.74, 6) is 0.282. The molecule has 0 saturated heterocycles. The summed E-state index contributed by atoms with van der Waals surface area (Å²) in [7, 11) is 1.52. The summed E-state index contributed by atoms with van der Waals surface area (Å²) >= 11 is 6.89. The number of hydrogen-bond donors (Lipinski definition) is 1. The van der Waals surface area contributed by atoms with Gasteiger partial charge >= 0.3 is 5.97 Å². The van der Waals surface area contributed by atoms with Crippen LogP contribution in [0.1, 0.15) is 47.1 Å². The summed E-state index contributed by atoms with van der Waals surface area (Å²) in [5.41, 5.74) is 1.70. The van der Waals surface area contributed by atoms with E-state index in [-0.39, 0.29) is 23.6 Å². The zero-order chi connectivity index (χ0) is 26.7. The van der Waals surface area contributed by atoms with Gasteiger partial charge in [-0.2, -0.15) is 9.78 Å². The third-order valence-electron chi connectivity index (χ3n) is 5.49. The van der Waals surface area contributed by atoms with Crippen LogP contribution < -0.4 is 15.0 Å². The number of halogens is 2. The number of aromatic nitrogens is 2. The first-order valence-electron chi connectivity index (χ1n) is 11.3. The molecule has 37 heavy (non-hydrogen) atoms. The van der Waals surface area contributed by atoms with Gasteiger partial charge in [-0.25, -0.2) is 9.78 Å². The number of carboxylic acids is 1. The number of carbonyl (C=O) groups is 1. The van der Waals surface area contributed by atoms with E-state index in [4.69, 9.17) is 9.47 Å². The Morgan fingerprint density at radius 3 is 2.62 bits per heavy atom. The second-order valence-electron chi connectivity index (χ2n) is 8.47. The van der Waals surface area contributed by atoms with Crippen molar-refractivity contribution < 1.29 is 19.4 Å². The van der Waals surface area contributed by atoms with E-state index in [1.165, 1.54) is 24.1 Å². The van der Waals surface area contributed by atoms with E-state index >= 15 is 0 Å². The van der Waals surface area contributed by atoms with Gasteiger partial charge in [-0.1, -0.05) is 57.8 Å². The Labute approximate surface area is 229 Å². The number of hydrogen-bond acceptors (Lipinski definition) is 6. The predicted octanol–water partition coefficient (Wildman–Crippen LogP) is 6.21. The molecule has 0 saturated carbocycles. The SMILES string of the molecule is COc1cc(Br)cc(C=Nn2c(C(C)C)nc3ccc(Br)cc3c2=O)c1OCc1cccc(C(=O)O)c1. The lowest BCUT2D eigenvalue weighted by atomic mass is 10.1. The van der Waals surface area contributed by atoms with Crippen molar-refractivity contribution in [3.8, 4) is 11.5 Å². The highest BCUT2D eigenvalue weighted by Crippen LogP contribution is 2.35. The summed E-state index contributed by atoms with van der Waals surface area (Å²) in [5, 5.41) is 14.2. The van der Waals surface area contributed by atoms with Crippen molar-refractivity contribution in [2.45, 2.75) is 26.4 Å². The summed E-state index contributed by atoms with van der Waals surface area (Å²) in [6.45, 7) is 3.99. The maximum absolute atomic E-state index is 13.4. The fourth-order valence-corrected chi connectivity index (χ4v) is 4.53. The lowest BCUT2D eigenvalue weighted by Gasteiger charge is -2.15. The van der Waals surface area contributed by atoms with Gasteiger partial charge in [0.15, 0.2) is 11.5 Å². The van der Waals surface area contributed by atoms with Crippen molar-refractivity contribution in [3.05, 3.63) is 96.4 Å². The van der Waals surface area contributed by atoms with Gasteiger partial charge in [0, 0.05) is 20.4 Å². The van der Waals surface area contributed by atoms with Crippen molar-refractivity contribution in [1.82, 2.24) is 9.66 Å². The number of ether oxygens (including phenoxy) is 2. The highest BCUT2D eigenvalue weighted by Gasteiger charge is 2.16. The van der Waals surface area contributed by atoms with Crippen LogP contribution in [0.15, 0.2) is 73.4 Å². The smallest absolute Gasteiger partial charge is 0.335 e. The minimum atomic E-state index is -1.02. The van der Waals surface area contributed by atoms with E-state index in [0.717, 1.165) is 8.95 Å². The second-order valence-corrected chi connectivity index (χ2v) is 10.3. The molecule has 4 rings (SSSR count). The quantitative estimate of drug-likeness (QED) is 0.233. The number of benzene rings is 3. The first kappa shape index (κ1) is 26.6. The first-order chi connectivity index (χ1) is 17.7. The molecule has 0 fully saturated rings. The molecule has 0 aliphatic rings. The van der Waals surface area contributed by atoms with E-state index in [0.29, 0.717) is 39.4 Å². The van der Waals surface area contributed by atoms with Gasteiger partial charge < -0.3 is 14.6 Å². The Kier molecular flexibility index (Phi) is 8.09. The van der Waals surface area contributed by atoms with Gasteiger partial charge in [0.25, 0.3) is 5.56 Å². The molecular weight excluding hydrogens is 606 g/mol. The number of fused-ring (bicyclic) bond motifs is 1. The highest BCUT2D eigenvalue weighted by molar-refractivity contribution is 9.10.